The number of methoxy groups -OCH3 is 2. The molecule has 0 aromatic heterocycles. The Morgan fingerprint density at radius 3 is 2.62 bits per heavy atom. The van der Waals surface area contributed by atoms with Crippen molar-refractivity contribution < 1.29 is 19.7 Å². The van der Waals surface area contributed by atoms with Gasteiger partial charge in [0.15, 0.2) is 23.0 Å². The first-order valence-corrected chi connectivity index (χ1v) is 7.97. The summed E-state index contributed by atoms with van der Waals surface area (Å²) >= 11 is 0. The van der Waals surface area contributed by atoms with Crippen molar-refractivity contribution in [3.63, 3.8) is 0 Å². The van der Waals surface area contributed by atoms with Crippen LogP contribution in [0.3, 0.4) is 0 Å². The molecule has 0 radical (unpaired) electrons. The third kappa shape index (κ3) is 2.87. The summed E-state index contributed by atoms with van der Waals surface area (Å²) in [6, 6.07) is 9.26. The van der Waals surface area contributed by atoms with Crippen LogP contribution in [0.25, 0.3) is 0 Å². The quantitative estimate of drug-likeness (QED) is 0.903. The number of aromatic hydroxyl groups is 2. The highest BCUT2D eigenvalue weighted by molar-refractivity contribution is 5.53. The van der Waals surface area contributed by atoms with Gasteiger partial charge < -0.3 is 24.6 Å². The topological polar surface area (TPSA) is 62.2 Å². The van der Waals surface area contributed by atoms with Crippen molar-refractivity contribution in [2.45, 2.75) is 18.9 Å². The number of fused-ring (bicyclic) bond motifs is 1. The van der Waals surface area contributed by atoms with Crippen LogP contribution in [0.5, 0.6) is 23.0 Å². The number of phenols is 2. The second-order valence-corrected chi connectivity index (χ2v) is 6.25. The predicted molar refractivity (Wildman–Crippen MR) is 92.1 cm³/mol. The van der Waals surface area contributed by atoms with Crippen LogP contribution < -0.4 is 9.47 Å². The van der Waals surface area contributed by atoms with Crippen LogP contribution >= 0.6 is 0 Å². The van der Waals surface area contributed by atoms with E-state index in [2.05, 4.69) is 4.90 Å². The van der Waals surface area contributed by atoms with E-state index in [9.17, 15) is 10.2 Å². The second-order valence-electron chi connectivity index (χ2n) is 6.25. The monoisotopic (exact) mass is 329 g/mol. The van der Waals surface area contributed by atoms with E-state index in [1.807, 2.05) is 31.3 Å². The molecule has 0 aliphatic carbocycles. The van der Waals surface area contributed by atoms with Gasteiger partial charge in [-0.2, -0.15) is 0 Å². The zero-order valence-corrected chi connectivity index (χ0v) is 14.2. The molecular formula is C19H23NO4. The van der Waals surface area contributed by atoms with Crippen molar-refractivity contribution in [2.24, 2.45) is 0 Å². The SMILES string of the molecule is COc1ccc2c(c1O)CN(C)C[C@@H]2Cc1cccc(O)c1OC. The van der Waals surface area contributed by atoms with E-state index >= 15 is 0 Å². The Bertz CT molecular complexity index is 744. The van der Waals surface area contributed by atoms with Gasteiger partial charge in [-0.3, -0.25) is 0 Å². The first-order valence-electron chi connectivity index (χ1n) is 7.97. The number of hydrogen-bond donors (Lipinski definition) is 2. The zero-order valence-electron chi connectivity index (χ0n) is 14.2. The Hall–Kier alpha value is -2.40. The average Bonchev–Trinajstić information content (AvgIpc) is 2.56. The van der Waals surface area contributed by atoms with Crippen molar-refractivity contribution in [1.29, 1.82) is 0 Å². The molecule has 5 nitrogen and oxygen atoms in total. The van der Waals surface area contributed by atoms with E-state index in [1.165, 1.54) is 0 Å². The Balaban J connectivity index is 1.99. The van der Waals surface area contributed by atoms with E-state index in [1.54, 1.807) is 20.3 Å². The van der Waals surface area contributed by atoms with Gasteiger partial charge in [-0.1, -0.05) is 18.2 Å². The van der Waals surface area contributed by atoms with Crippen molar-refractivity contribution >= 4 is 0 Å². The lowest BCUT2D eigenvalue weighted by atomic mass is 9.84. The first kappa shape index (κ1) is 16.5. The minimum atomic E-state index is 0.150. The molecule has 0 saturated carbocycles. The molecule has 128 valence electrons. The molecule has 1 aliphatic rings. The minimum Gasteiger partial charge on any atom is -0.504 e. The van der Waals surface area contributed by atoms with Crippen LogP contribution in [0.4, 0.5) is 0 Å². The number of rotatable bonds is 4. The highest BCUT2D eigenvalue weighted by Crippen LogP contribution is 2.41. The van der Waals surface area contributed by atoms with E-state index in [0.29, 0.717) is 18.0 Å². The fourth-order valence-electron chi connectivity index (χ4n) is 3.56. The summed E-state index contributed by atoms with van der Waals surface area (Å²) in [7, 11) is 5.16. The van der Waals surface area contributed by atoms with E-state index < -0.39 is 0 Å². The van der Waals surface area contributed by atoms with Gasteiger partial charge in [0.25, 0.3) is 0 Å². The van der Waals surface area contributed by atoms with E-state index in [4.69, 9.17) is 9.47 Å². The van der Waals surface area contributed by atoms with Gasteiger partial charge >= 0.3 is 0 Å². The number of benzene rings is 2. The standard InChI is InChI=1S/C19H23NO4/c1-20-10-13(9-12-5-4-6-16(21)19(12)24-3)14-7-8-17(23-2)18(22)15(14)11-20/h4-8,13,21-22H,9-11H2,1-3H3/t13-/m0/s1. The lowest BCUT2D eigenvalue weighted by Crippen LogP contribution is -2.31. The van der Waals surface area contributed by atoms with Crippen molar-refractivity contribution in [2.75, 3.05) is 27.8 Å². The molecule has 3 rings (SSSR count). The number of nitrogens with zero attached hydrogens (tertiary/aromatic N) is 1. The molecular weight excluding hydrogens is 306 g/mol. The van der Waals surface area contributed by atoms with Gasteiger partial charge in [0.05, 0.1) is 14.2 Å². The third-order valence-electron chi connectivity index (χ3n) is 4.65. The molecule has 0 unspecified atom stereocenters. The number of likely N-dealkylation sites (N-methyl/N-ethyl adjacent to an activating group) is 1. The zero-order chi connectivity index (χ0) is 17.3. The number of phenolic OH excluding ortho intramolecular Hbond substituents is 2. The average molecular weight is 329 g/mol. The van der Waals surface area contributed by atoms with Gasteiger partial charge in [0.1, 0.15) is 0 Å². The number of hydrogen-bond acceptors (Lipinski definition) is 5. The van der Waals surface area contributed by atoms with Crippen LogP contribution in [0.1, 0.15) is 22.6 Å². The highest BCUT2D eigenvalue weighted by atomic mass is 16.5. The summed E-state index contributed by atoms with van der Waals surface area (Å²) in [5, 5.41) is 20.5. The number of para-hydroxylation sites is 1. The highest BCUT2D eigenvalue weighted by Gasteiger charge is 2.28. The lowest BCUT2D eigenvalue weighted by molar-refractivity contribution is 0.269. The van der Waals surface area contributed by atoms with Gasteiger partial charge in [0.2, 0.25) is 0 Å². The van der Waals surface area contributed by atoms with Crippen LogP contribution in [-0.2, 0) is 13.0 Å². The van der Waals surface area contributed by atoms with Gasteiger partial charge in [-0.25, -0.2) is 0 Å². The summed E-state index contributed by atoms with van der Waals surface area (Å²) in [6.45, 7) is 1.56. The lowest BCUT2D eigenvalue weighted by Gasteiger charge is -2.33. The van der Waals surface area contributed by atoms with Crippen molar-refractivity contribution in [1.82, 2.24) is 4.90 Å². The molecule has 0 fully saturated rings. The Morgan fingerprint density at radius 1 is 1.12 bits per heavy atom. The van der Waals surface area contributed by atoms with Crippen LogP contribution in [0.15, 0.2) is 30.3 Å². The van der Waals surface area contributed by atoms with Crippen molar-refractivity contribution in [3.05, 3.63) is 47.0 Å². The molecule has 0 spiro atoms. The molecule has 2 aromatic rings. The molecule has 24 heavy (non-hydrogen) atoms. The van der Waals surface area contributed by atoms with Gasteiger partial charge in [-0.05, 0) is 36.7 Å². The van der Waals surface area contributed by atoms with Gasteiger partial charge in [0, 0.05) is 24.6 Å². The first-order chi connectivity index (χ1) is 11.5. The van der Waals surface area contributed by atoms with E-state index in [-0.39, 0.29) is 17.4 Å². The molecule has 2 N–H and O–H groups in total. The van der Waals surface area contributed by atoms with E-state index in [0.717, 1.165) is 29.7 Å². The molecule has 5 heteroatoms. The maximum atomic E-state index is 10.5. The molecule has 0 amide bonds. The summed E-state index contributed by atoms with van der Waals surface area (Å²) in [5.74, 6) is 1.58. The fraction of sp³-hybridized carbons (Fsp3) is 0.368. The van der Waals surface area contributed by atoms with Crippen LogP contribution in [0.2, 0.25) is 0 Å². The largest absolute Gasteiger partial charge is 0.504 e. The Labute approximate surface area is 142 Å². The molecule has 1 atom stereocenters. The maximum Gasteiger partial charge on any atom is 0.163 e. The second kappa shape index (κ2) is 6.61. The molecule has 1 heterocycles. The summed E-state index contributed by atoms with van der Waals surface area (Å²) in [4.78, 5) is 2.18. The van der Waals surface area contributed by atoms with Crippen LogP contribution in [-0.4, -0.2) is 42.9 Å². The third-order valence-corrected chi connectivity index (χ3v) is 4.65. The summed E-state index contributed by atoms with van der Waals surface area (Å²) in [6.07, 6.45) is 0.723. The summed E-state index contributed by atoms with van der Waals surface area (Å²) in [5.41, 5.74) is 2.99. The van der Waals surface area contributed by atoms with Crippen molar-refractivity contribution in [3.8, 4) is 23.0 Å². The molecule has 0 saturated heterocycles. The van der Waals surface area contributed by atoms with Crippen LogP contribution in [0, 0.1) is 0 Å². The maximum absolute atomic E-state index is 10.5. The minimum absolute atomic E-state index is 0.150. The molecule has 1 aliphatic heterocycles. The Morgan fingerprint density at radius 2 is 1.92 bits per heavy atom. The van der Waals surface area contributed by atoms with Gasteiger partial charge in [-0.15, -0.1) is 0 Å². The normalized spacial score (nSPS) is 17.4. The molecule has 2 aromatic carbocycles. The molecule has 0 bridgehead atoms. The Kier molecular flexibility index (Phi) is 4.53. The summed E-state index contributed by atoms with van der Waals surface area (Å²) < 4.78 is 10.6. The smallest absolute Gasteiger partial charge is 0.163 e. The predicted octanol–water partition coefficient (Wildman–Crippen LogP) is 2.89. The fourth-order valence-corrected chi connectivity index (χ4v) is 3.56. The number of ether oxygens (including phenoxy) is 2.